The summed E-state index contributed by atoms with van der Waals surface area (Å²) in [7, 11) is 8.07. The number of rotatable bonds is 8. The number of aromatic nitrogens is 1. The molecule has 0 spiro atoms. The molecular weight excluding hydrogens is 501 g/mol. The van der Waals surface area contributed by atoms with Gasteiger partial charge in [0.2, 0.25) is 11.7 Å². The number of hydrogen-bond acceptors (Lipinski definition) is 5. The number of ether oxygens (including phenoxy) is 3. The van der Waals surface area contributed by atoms with Crippen molar-refractivity contribution >= 4 is 23.6 Å². The first-order valence-electron chi connectivity index (χ1n) is 12.7. The standard InChI is InChI=1S/C30H34FN3O5/c1-18-23(12-19-13-26(37-5)29(27(14-19)38-6)39-30(36)33(2)3)22-10-9-20(31)15-25(22)24(18)16-28(35)32-17-21-8-7-11-34(21)4/h7-15,18,24H,16-17H2,1-6H3,(H,32,35)/b23-12-. The number of fused-ring (bicyclic) bond motifs is 1. The normalized spacial score (nSPS) is 17.1. The average molecular weight is 536 g/mol. The monoisotopic (exact) mass is 535 g/mol. The fourth-order valence-electron chi connectivity index (χ4n) is 4.91. The topological polar surface area (TPSA) is 82.0 Å². The number of benzene rings is 2. The van der Waals surface area contributed by atoms with Crippen LogP contribution in [0.5, 0.6) is 17.2 Å². The lowest BCUT2D eigenvalue weighted by Crippen LogP contribution is -2.26. The van der Waals surface area contributed by atoms with Crippen LogP contribution < -0.4 is 19.5 Å². The molecule has 2 unspecified atom stereocenters. The van der Waals surface area contributed by atoms with Crippen LogP contribution >= 0.6 is 0 Å². The van der Waals surface area contributed by atoms with Gasteiger partial charge in [-0.15, -0.1) is 0 Å². The van der Waals surface area contributed by atoms with Gasteiger partial charge in [0.1, 0.15) is 5.82 Å². The lowest BCUT2D eigenvalue weighted by Gasteiger charge is -2.18. The molecule has 4 rings (SSSR count). The molecule has 8 nitrogen and oxygen atoms in total. The Morgan fingerprint density at radius 1 is 1.10 bits per heavy atom. The van der Waals surface area contributed by atoms with Gasteiger partial charge in [-0.05, 0) is 70.5 Å². The molecule has 39 heavy (non-hydrogen) atoms. The van der Waals surface area contributed by atoms with Gasteiger partial charge >= 0.3 is 6.09 Å². The van der Waals surface area contributed by atoms with Crippen molar-refractivity contribution in [3.8, 4) is 17.2 Å². The van der Waals surface area contributed by atoms with Gasteiger partial charge in [-0.2, -0.15) is 0 Å². The van der Waals surface area contributed by atoms with Crippen LogP contribution in [0.2, 0.25) is 0 Å². The Morgan fingerprint density at radius 3 is 2.38 bits per heavy atom. The van der Waals surface area contributed by atoms with E-state index in [1.807, 2.05) is 42.9 Å². The summed E-state index contributed by atoms with van der Waals surface area (Å²) in [6, 6.07) is 12.1. The van der Waals surface area contributed by atoms with E-state index >= 15 is 0 Å². The lowest BCUT2D eigenvalue weighted by molar-refractivity contribution is -0.121. The first kappa shape index (κ1) is 27.8. The van der Waals surface area contributed by atoms with Gasteiger partial charge in [-0.1, -0.05) is 19.1 Å². The van der Waals surface area contributed by atoms with Crippen molar-refractivity contribution in [2.24, 2.45) is 13.0 Å². The molecule has 0 saturated carbocycles. The summed E-state index contributed by atoms with van der Waals surface area (Å²) in [4.78, 5) is 26.4. The Balaban J connectivity index is 1.65. The average Bonchev–Trinajstić information content (AvgIpc) is 3.43. The van der Waals surface area contributed by atoms with E-state index in [9.17, 15) is 14.0 Å². The van der Waals surface area contributed by atoms with Gasteiger partial charge in [0.25, 0.3) is 0 Å². The van der Waals surface area contributed by atoms with Gasteiger partial charge in [0.15, 0.2) is 11.5 Å². The molecule has 0 radical (unpaired) electrons. The number of nitrogens with zero attached hydrogens (tertiary/aromatic N) is 2. The molecule has 0 fully saturated rings. The molecule has 0 aliphatic heterocycles. The van der Waals surface area contributed by atoms with Crippen molar-refractivity contribution in [2.45, 2.75) is 25.8 Å². The second-order valence-corrected chi connectivity index (χ2v) is 9.83. The molecule has 0 bridgehead atoms. The smallest absolute Gasteiger partial charge is 0.414 e. The molecule has 2 aromatic carbocycles. The zero-order valence-electron chi connectivity index (χ0n) is 23.1. The summed E-state index contributed by atoms with van der Waals surface area (Å²) in [6.45, 7) is 2.47. The zero-order chi connectivity index (χ0) is 28.3. The minimum atomic E-state index is -0.564. The molecule has 0 saturated heterocycles. The van der Waals surface area contributed by atoms with Crippen LogP contribution in [0.25, 0.3) is 11.6 Å². The van der Waals surface area contributed by atoms with E-state index in [0.717, 1.165) is 28.0 Å². The van der Waals surface area contributed by atoms with E-state index in [4.69, 9.17) is 14.2 Å². The fraction of sp³-hybridized carbons (Fsp3) is 0.333. The number of nitrogens with one attached hydrogen (secondary N) is 1. The van der Waals surface area contributed by atoms with Crippen molar-refractivity contribution < 1.29 is 28.2 Å². The van der Waals surface area contributed by atoms with Crippen molar-refractivity contribution in [3.05, 3.63) is 76.9 Å². The van der Waals surface area contributed by atoms with Crippen LogP contribution in [0, 0.1) is 11.7 Å². The van der Waals surface area contributed by atoms with Crippen LogP contribution in [-0.4, -0.2) is 49.8 Å². The summed E-state index contributed by atoms with van der Waals surface area (Å²) in [6.07, 6.45) is 3.57. The predicted molar refractivity (Wildman–Crippen MR) is 147 cm³/mol. The van der Waals surface area contributed by atoms with E-state index in [2.05, 4.69) is 5.32 Å². The molecule has 1 aliphatic carbocycles. The summed E-state index contributed by atoms with van der Waals surface area (Å²) in [5.41, 5.74) is 4.41. The van der Waals surface area contributed by atoms with Gasteiger partial charge in [-0.25, -0.2) is 9.18 Å². The number of aryl methyl sites for hydroxylation is 1. The molecule has 1 aliphatic rings. The third kappa shape index (κ3) is 5.92. The summed E-state index contributed by atoms with van der Waals surface area (Å²) in [5, 5.41) is 2.99. The van der Waals surface area contributed by atoms with Crippen LogP contribution in [0.1, 0.15) is 41.6 Å². The van der Waals surface area contributed by atoms with Gasteiger partial charge in [0.05, 0.1) is 20.8 Å². The third-order valence-electron chi connectivity index (χ3n) is 7.10. The van der Waals surface area contributed by atoms with E-state index in [-0.39, 0.29) is 35.7 Å². The van der Waals surface area contributed by atoms with Crippen LogP contribution in [0.3, 0.4) is 0 Å². The molecule has 1 heterocycles. The Labute approximate surface area is 228 Å². The van der Waals surface area contributed by atoms with E-state index < -0.39 is 6.09 Å². The van der Waals surface area contributed by atoms with Crippen LogP contribution in [0.15, 0.2) is 48.7 Å². The minimum Gasteiger partial charge on any atom is -0.493 e. The van der Waals surface area contributed by atoms with Crippen molar-refractivity contribution in [2.75, 3.05) is 28.3 Å². The SMILES string of the molecule is COc1cc(/C=C2\c3ccc(F)cc3C(CC(=O)NCc3cccn3C)C2C)cc(OC)c1OC(=O)N(C)C. The first-order chi connectivity index (χ1) is 18.6. The number of amides is 2. The molecule has 9 heteroatoms. The van der Waals surface area contributed by atoms with Crippen LogP contribution in [-0.2, 0) is 18.4 Å². The molecule has 3 aromatic rings. The summed E-state index contributed by atoms with van der Waals surface area (Å²) in [5.74, 6) is 0.142. The van der Waals surface area contributed by atoms with Crippen LogP contribution in [0.4, 0.5) is 9.18 Å². The second kappa shape index (κ2) is 11.6. The fourth-order valence-corrected chi connectivity index (χ4v) is 4.91. The zero-order valence-corrected chi connectivity index (χ0v) is 23.1. The highest BCUT2D eigenvalue weighted by Gasteiger charge is 2.35. The molecule has 2 amide bonds. The highest BCUT2D eigenvalue weighted by molar-refractivity contribution is 5.90. The Bertz CT molecular complexity index is 1390. The Kier molecular flexibility index (Phi) is 8.28. The molecule has 1 aromatic heterocycles. The predicted octanol–water partition coefficient (Wildman–Crippen LogP) is 5.22. The number of hydrogen-bond donors (Lipinski definition) is 1. The first-order valence-corrected chi connectivity index (χ1v) is 12.7. The maximum absolute atomic E-state index is 14.3. The number of halogens is 1. The maximum atomic E-state index is 14.3. The van der Waals surface area contributed by atoms with E-state index in [1.54, 1.807) is 32.3 Å². The molecule has 1 N–H and O–H groups in total. The summed E-state index contributed by atoms with van der Waals surface area (Å²) < 4.78 is 32.8. The Hall–Kier alpha value is -4.27. The maximum Gasteiger partial charge on any atom is 0.414 e. The molecule has 206 valence electrons. The van der Waals surface area contributed by atoms with Gasteiger partial charge in [-0.3, -0.25) is 4.79 Å². The summed E-state index contributed by atoms with van der Waals surface area (Å²) >= 11 is 0. The number of carbonyl (C=O) groups is 2. The van der Waals surface area contributed by atoms with Gasteiger partial charge < -0.3 is 29.0 Å². The third-order valence-corrected chi connectivity index (χ3v) is 7.10. The number of methoxy groups -OCH3 is 2. The number of allylic oxidation sites excluding steroid dienone is 1. The Morgan fingerprint density at radius 2 is 1.79 bits per heavy atom. The molecular formula is C30H34FN3O5. The number of carbonyl (C=O) groups excluding carboxylic acids is 2. The van der Waals surface area contributed by atoms with Gasteiger partial charge in [0, 0.05) is 39.5 Å². The van der Waals surface area contributed by atoms with Crippen molar-refractivity contribution in [1.29, 1.82) is 0 Å². The highest BCUT2D eigenvalue weighted by atomic mass is 19.1. The highest BCUT2D eigenvalue weighted by Crippen LogP contribution is 2.49. The van der Waals surface area contributed by atoms with Crippen molar-refractivity contribution in [3.63, 3.8) is 0 Å². The lowest BCUT2D eigenvalue weighted by atomic mass is 9.88. The second-order valence-electron chi connectivity index (χ2n) is 9.83. The minimum absolute atomic E-state index is 0.0641. The molecule has 2 atom stereocenters. The largest absolute Gasteiger partial charge is 0.493 e. The van der Waals surface area contributed by atoms with E-state index in [0.29, 0.717) is 18.0 Å². The van der Waals surface area contributed by atoms with Crippen molar-refractivity contribution in [1.82, 2.24) is 14.8 Å². The quantitative estimate of drug-likeness (QED) is 0.428. The van der Waals surface area contributed by atoms with E-state index in [1.165, 1.54) is 31.3 Å².